The first-order valence-electron chi connectivity index (χ1n) is 5.04. The molecule has 0 rings (SSSR count). The van der Waals surface area contributed by atoms with E-state index < -0.39 is 0 Å². The van der Waals surface area contributed by atoms with Gasteiger partial charge in [0.15, 0.2) is 0 Å². The predicted molar refractivity (Wildman–Crippen MR) is 56.1 cm³/mol. The summed E-state index contributed by atoms with van der Waals surface area (Å²) in [4.78, 5) is 21.3. The lowest BCUT2D eigenvalue weighted by atomic mass is 9.79. The molecule has 0 saturated heterocycles. The number of esters is 1. The Hall–Kier alpha value is -1.13. The molecule has 0 aromatic rings. The summed E-state index contributed by atoms with van der Waals surface area (Å²) in [5, 5.41) is 10.4. The quantitative estimate of drug-likeness (QED) is 0.400. The fourth-order valence-corrected chi connectivity index (χ4v) is 1.25. The molecule has 0 aliphatic heterocycles. The van der Waals surface area contributed by atoms with Gasteiger partial charge in [-0.05, 0) is 12.3 Å². The fraction of sp³-hybridized carbons (Fsp3) is 0.900. The third-order valence-electron chi connectivity index (χ3n) is 2.31. The summed E-state index contributed by atoms with van der Waals surface area (Å²) in [6.45, 7) is 7.51. The summed E-state index contributed by atoms with van der Waals surface area (Å²) >= 11 is 0. The van der Waals surface area contributed by atoms with E-state index in [0.717, 1.165) is 0 Å². The maximum absolute atomic E-state index is 11.2. The second-order valence-corrected chi connectivity index (χ2v) is 4.59. The van der Waals surface area contributed by atoms with Crippen molar-refractivity contribution in [3.05, 3.63) is 10.1 Å². The van der Waals surface area contributed by atoms with Crippen LogP contribution < -0.4 is 0 Å². The normalized spacial score (nSPS) is 13.3. The summed E-state index contributed by atoms with van der Waals surface area (Å²) in [5.74, 6) is -0.647. The minimum absolute atomic E-state index is 0.109. The molecule has 0 spiro atoms. The lowest BCUT2D eigenvalue weighted by Crippen LogP contribution is -2.30. The van der Waals surface area contributed by atoms with Crippen LogP contribution in [0.2, 0.25) is 0 Å². The molecule has 0 saturated carbocycles. The van der Waals surface area contributed by atoms with Gasteiger partial charge < -0.3 is 4.74 Å². The molecule has 0 radical (unpaired) electrons. The van der Waals surface area contributed by atoms with Crippen LogP contribution in [0.15, 0.2) is 0 Å². The van der Waals surface area contributed by atoms with E-state index in [-0.39, 0.29) is 35.2 Å². The molecule has 1 unspecified atom stereocenters. The second-order valence-electron chi connectivity index (χ2n) is 4.59. The molecule has 0 N–H and O–H groups in total. The first kappa shape index (κ1) is 13.9. The van der Waals surface area contributed by atoms with Crippen molar-refractivity contribution in [1.29, 1.82) is 0 Å². The van der Waals surface area contributed by atoms with E-state index in [1.54, 1.807) is 6.92 Å². The molecule has 15 heavy (non-hydrogen) atoms. The van der Waals surface area contributed by atoms with Crippen LogP contribution in [0.4, 0.5) is 0 Å². The van der Waals surface area contributed by atoms with Crippen molar-refractivity contribution in [2.24, 2.45) is 11.3 Å². The van der Waals surface area contributed by atoms with Crippen molar-refractivity contribution in [1.82, 2.24) is 0 Å². The fourth-order valence-electron chi connectivity index (χ4n) is 1.25. The van der Waals surface area contributed by atoms with E-state index in [4.69, 9.17) is 4.74 Å². The Morgan fingerprint density at radius 1 is 1.47 bits per heavy atom. The van der Waals surface area contributed by atoms with Crippen molar-refractivity contribution in [3.8, 4) is 0 Å². The van der Waals surface area contributed by atoms with Gasteiger partial charge in [0.25, 0.3) is 0 Å². The first-order chi connectivity index (χ1) is 6.77. The molecule has 0 bridgehead atoms. The maximum atomic E-state index is 11.2. The van der Waals surface area contributed by atoms with Gasteiger partial charge in [-0.25, -0.2) is 0 Å². The van der Waals surface area contributed by atoms with E-state index in [2.05, 4.69) is 0 Å². The van der Waals surface area contributed by atoms with Crippen molar-refractivity contribution in [2.75, 3.05) is 13.2 Å². The van der Waals surface area contributed by atoms with Crippen molar-refractivity contribution in [2.45, 2.75) is 34.1 Å². The highest BCUT2D eigenvalue weighted by molar-refractivity contribution is 5.69. The third kappa shape index (κ3) is 6.04. The number of hydrogen-bond acceptors (Lipinski definition) is 4. The van der Waals surface area contributed by atoms with Gasteiger partial charge in [0.05, 0.1) is 13.0 Å². The van der Waals surface area contributed by atoms with E-state index >= 15 is 0 Å². The zero-order valence-corrected chi connectivity index (χ0v) is 9.78. The van der Waals surface area contributed by atoms with Crippen LogP contribution in [0.25, 0.3) is 0 Å². The van der Waals surface area contributed by atoms with Gasteiger partial charge in [0, 0.05) is 10.8 Å². The molecule has 1 atom stereocenters. The van der Waals surface area contributed by atoms with E-state index in [1.807, 2.05) is 20.8 Å². The lowest BCUT2D eigenvalue weighted by molar-refractivity contribution is -0.491. The monoisotopic (exact) mass is 217 g/mol. The smallest absolute Gasteiger partial charge is 0.306 e. The first-order valence-corrected chi connectivity index (χ1v) is 5.04. The van der Waals surface area contributed by atoms with Crippen LogP contribution in [0.3, 0.4) is 0 Å². The number of nitrogens with zero attached hydrogens (tertiary/aromatic N) is 1. The van der Waals surface area contributed by atoms with E-state index in [0.29, 0.717) is 6.61 Å². The van der Waals surface area contributed by atoms with Gasteiger partial charge in [-0.1, -0.05) is 20.8 Å². The molecule has 0 aliphatic carbocycles. The zero-order chi connectivity index (χ0) is 12.1. The number of ether oxygens (including phenoxy) is 1. The van der Waals surface area contributed by atoms with Gasteiger partial charge in [-0.15, -0.1) is 0 Å². The topological polar surface area (TPSA) is 69.4 Å². The Morgan fingerprint density at radius 2 is 2.00 bits per heavy atom. The van der Waals surface area contributed by atoms with E-state index in [1.165, 1.54) is 0 Å². The Morgan fingerprint density at radius 3 is 2.33 bits per heavy atom. The molecule has 5 nitrogen and oxygen atoms in total. The highest BCUT2D eigenvalue weighted by Crippen LogP contribution is 2.29. The molecular weight excluding hydrogens is 198 g/mol. The Labute approximate surface area is 90.0 Å². The third-order valence-corrected chi connectivity index (χ3v) is 2.31. The number of hydrogen-bond donors (Lipinski definition) is 0. The number of rotatable bonds is 5. The molecule has 0 fully saturated rings. The molecule has 0 aromatic carbocycles. The highest BCUT2D eigenvalue weighted by Gasteiger charge is 2.31. The van der Waals surface area contributed by atoms with Crippen LogP contribution >= 0.6 is 0 Å². The standard InChI is InChI=1S/C10H19NO4/c1-5-15-9(12)6-8(7-11(13)14)10(2,3)4/h8H,5-7H2,1-4H3. The average molecular weight is 217 g/mol. The molecule has 5 heteroatoms. The SMILES string of the molecule is CCOC(=O)CC(C[N+](=O)[O-])C(C)(C)C. The predicted octanol–water partition coefficient (Wildman–Crippen LogP) is 1.88. The molecule has 88 valence electrons. The van der Waals surface area contributed by atoms with Gasteiger partial charge in [0.1, 0.15) is 0 Å². The second kappa shape index (κ2) is 5.68. The Balaban J connectivity index is 4.38. The number of carbonyl (C=O) groups excluding carboxylic acids is 1. The summed E-state index contributed by atoms with van der Waals surface area (Å²) in [6, 6.07) is 0. The number of nitro groups is 1. The lowest BCUT2D eigenvalue weighted by Gasteiger charge is -2.26. The Bertz CT molecular complexity index is 232. The molecule has 0 amide bonds. The summed E-state index contributed by atoms with van der Waals surface area (Å²) in [7, 11) is 0. The van der Waals surface area contributed by atoms with Crippen LogP contribution in [-0.2, 0) is 9.53 Å². The van der Waals surface area contributed by atoms with Crippen molar-refractivity contribution < 1.29 is 14.5 Å². The summed E-state index contributed by atoms with van der Waals surface area (Å²) in [5.41, 5.74) is -0.264. The van der Waals surface area contributed by atoms with Gasteiger partial charge in [-0.3, -0.25) is 14.9 Å². The molecule has 0 aromatic heterocycles. The minimum Gasteiger partial charge on any atom is -0.466 e. The Kier molecular flexibility index (Phi) is 5.25. The minimum atomic E-state index is -0.380. The number of carbonyl (C=O) groups is 1. The zero-order valence-electron chi connectivity index (χ0n) is 9.78. The van der Waals surface area contributed by atoms with Crippen LogP contribution in [0, 0.1) is 21.4 Å². The van der Waals surface area contributed by atoms with Crippen LogP contribution in [-0.4, -0.2) is 24.0 Å². The van der Waals surface area contributed by atoms with Crippen molar-refractivity contribution >= 4 is 5.97 Å². The van der Waals surface area contributed by atoms with Gasteiger partial charge >= 0.3 is 5.97 Å². The summed E-state index contributed by atoms with van der Waals surface area (Å²) < 4.78 is 4.79. The van der Waals surface area contributed by atoms with Crippen LogP contribution in [0.5, 0.6) is 0 Å². The summed E-state index contributed by atoms with van der Waals surface area (Å²) in [6.07, 6.45) is 0.109. The maximum Gasteiger partial charge on any atom is 0.306 e. The highest BCUT2D eigenvalue weighted by atomic mass is 16.6. The largest absolute Gasteiger partial charge is 0.466 e. The van der Waals surface area contributed by atoms with Crippen LogP contribution in [0.1, 0.15) is 34.1 Å². The van der Waals surface area contributed by atoms with Gasteiger partial charge in [0.2, 0.25) is 6.54 Å². The molecule has 0 aliphatic rings. The molecule has 0 heterocycles. The van der Waals surface area contributed by atoms with E-state index in [9.17, 15) is 14.9 Å². The van der Waals surface area contributed by atoms with Gasteiger partial charge in [-0.2, -0.15) is 0 Å². The molecular formula is C10H19NO4. The van der Waals surface area contributed by atoms with Crippen molar-refractivity contribution in [3.63, 3.8) is 0 Å². The average Bonchev–Trinajstić information content (AvgIpc) is 2.00.